The zero-order valence-electron chi connectivity index (χ0n) is 12.8. The van der Waals surface area contributed by atoms with E-state index in [1.165, 1.54) is 44.9 Å². The number of aromatic nitrogens is 2. The molecule has 0 aromatic carbocycles. The van der Waals surface area contributed by atoms with E-state index in [0.717, 1.165) is 18.4 Å². The molecule has 0 aliphatic heterocycles. The Balaban J connectivity index is 2.64. The second-order valence-electron chi connectivity index (χ2n) is 5.92. The van der Waals surface area contributed by atoms with Crippen LogP contribution in [0.25, 0.3) is 0 Å². The summed E-state index contributed by atoms with van der Waals surface area (Å²) >= 11 is 0. The minimum absolute atomic E-state index is 0.0556. The van der Waals surface area contributed by atoms with Crippen LogP contribution in [0.15, 0.2) is 6.20 Å². The van der Waals surface area contributed by atoms with Crippen LogP contribution >= 0.6 is 0 Å². The van der Waals surface area contributed by atoms with Gasteiger partial charge in [0.1, 0.15) is 0 Å². The lowest BCUT2D eigenvalue weighted by Gasteiger charge is -2.29. The monoisotopic (exact) mass is 268 g/mol. The molecule has 0 fully saturated rings. The highest BCUT2D eigenvalue weighted by molar-refractivity contribution is 5.19. The van der Waals surface area contributed by atoms with E-state index in [-0.39, 0.29) is 11.4 Å². The van der Waals surface area contributed by atoms with E-state index in [4.69, 9.17) is 0 Å². The SMILES string of the molecule is CCCCCCC(C)(CCCCC)c1c[nH]nc1F. The summed E-state index contributed by atoms with van der Waals surface area (Å²) in [5.41, 5.74) is 0.722. The molecule has 0 spiro atoms. The predicted molar refractivity (Wildman–Crippen MR) is 78.8 cm³/mol. The fourth-order valence-corrected chi connectivity index (χ4v) is 2.80. The zero-order chi connectivity index (χ0) is 14.1. The first-order chi connectivity index (χ1) is 9.14. The Kier molecular flexibility index (Phi) is 7.11. The molecule has 1 aromatic rings. The van der Waals surface area contributed by atoms with Crippen LogP contribution in [-0.2, 0) is 5.41 Å². The number of nitrogens with zero attached hydrogens (tertiary/aromatic N) is 1. The average molecular weight is 268 g/mol. The molecule has 2 nitrogen and oxygen atoms in total. The molecular weight excluding hydrogens is 239 g/mol. The van der Waals surface area contributed by atoms with Crippen LogP contribution in [0, 0.1) is 5.95 Å². The van der Waals surface area contributed by atoms with Crippen LogP contribution in [-0.4, -0.2) is 10.2 Å². The third-order valence-electron chi connectivity index (χ3n) is 4.16. The lowest BCUT2D eigenvalue weighted by molar-refractivity contribution is 0.351. The maximum absolute atomic E-state index is 13.8. The van der Waals surface area contributed by atoms with E-state index in [2.05, 4.69) is 31.0 Å². The van der Waals surface area contributed by atoms with Crippen LogP contribution in [0.4, 0.5) is 4.39 Å². The lowest BCUT2D eigenvalue weighted by Crippen LogP contribution is -2.23. The number of hydrogen-bond acceptors (Lipinski definition) is 1. The molecule has 1 unspecified atom stereocenters. The Hall–Kier alpha value is -0.860. The summed E-state index contributed by atoms with van der Waals surface area (Å²) in [6, 6.07) is 0. The van der Waals surface area contributed by atoms with Gasteiger partial charge in [0, 0.05) is 11.8 Å². The first kappa shape index (κ1) is 16.2. The molecule has 0 aliphatic rings. The van der Waals surface area contributed by atoms with Gasteiger partial charge in [-0.25, -0.2) is 0 Å². The van der Waals surface area contributed by atoms with Gasteiger partial charge in [-0.15, -0.1) is 5.10 Å². The summed E-state index contributed by atoms with van der Waals surface area (Å²) in [5, 5.41) is 6.33. The van der Waals surface area contributed by atoms with Gasteiger partial charge in [-0.3, -0.25) is 5.10 Å². The summed E-state index contributed by atoms with van der Waals surface area (Å²) in [4.78, 5) is 0. The molecular formula is C16H29FN2. The summed E-state index contributed by atoms with van der Waals surface area (Å²) in [7, 11) is 0. The van der Waals surface area contributed by atoms with Gasteiger partial charge in [0.2, 0.25) is 5.95 Å². The number of unbranched alkanes of at least 4 members (excludes halogenated alkanes) is 5. The van der Waals surface area contributed by atoms with E-state index in [1.54, 1.807) is 6.20 Å². The van der Waals surface area contributed by atoms with Gasteiger partial charge in [-0.2, -0.15) is 4.39 Å². The van der Waals surface area contributed by atoms with Gasteiger partial charge < -0.3 is 0 Å². The van der Waals surface area contributed by atoms with Crippen molar-refractivity contribution in [1.82, 2.24) is 10.2 Å². The van der Waals surface area contributed by atoms with E-state index in [9.17, 15) is 4.39 Å². The van der Waals surface area contributed by atoms with Crippen molar-refractivity contribution in [3.05, 3.63) is 17.7 Å². The molecule has 0 saturated heterocycles. The Morgan fingerprint density at radius 1 is 1.05 bits per heavy atom. The number of nitrogens with one attached hydrogen (secondary N) is 1. The van der Waals surface area contributed by atoms with Gasteiger partial charge in [-0.05, 0) is 18.3 Å². The fourth-order valence-electron chi connectivity index (χ4n) is 2.80. The van der Waals surface area contributed by atoms with Crippen molar-refractivity contribution >= 4 is 0 Å². The molecule has 1 rings (SSSR count). The topological polar surface area (TPSA) is 28.7 Å². The minimum Gasteiger partial charge on any atom is -0.282 e. The normalized spacial score (nSPS) is 14.5. The Morgan fingerprint density at radius 2 is 1.63 bits per heavy atom. The van der Waals surface area contributed by atoms with Crippen LogP contribution in [0.5, 0.6) is 0 Å². The number of hydrogen-bond donors (Lipinski definition) is 1. The Morgan fingerprint density at radius 3 is 2.16 bits per heavy atom. The number of halogens is 1. The van der Waals surface area contributed by atoms with Crippen LogP contribution in [0.3, 0.4) is 0 Å². The van der Waals surface area contributed by atoms with Gasteiger partial charge in [0.15, 0.2) is 0 Å². The van der Waals surface area contributed by atoms with E-state index in [1.807, 2.05) is 0 Å². The van der Waals surface area contributed by atoms with Crippen molar-refractivity contribution in [3.8, 4) is 0 Å². The lowest BCUT2D eigenvalue weighted by atomic mass is 9.75. The van der Waals surface area contributed by atoms with Crippen molar-refractivity contribution in [3.63, 3.8) is 0 Å². The van der Waals surface area contributed by atoms with Crippen LogP contribution in [0.2, 0.25) is 0 Å². The summed E-state index contributed by atoms with van der Waals surface area (Å²) < 4.78 is 13.8. The number of aromatic amines is 1. The van der Waals surface area contributed by atoms with Crippen molar-refractivity contribution in [2.75, 3.05) is 0 Å². The van der Waals surface area contributed by atoms with Gasteiger partial charge in [0.25, 0.3) is 0 Å². The third kappa shape index (κ3) is 4.96. The molecule has 1 heterocycles. The third-order valence-corrected chi connectivity index (χ3v) is 4.16. The van der Waals surface area contributed by atoms with Gasteiger partial charge in [0.05, 0.1) is 0 Å². The number of H-pyrrole nitrogens is 1. The second kappa shape index (κ2) is 8.34. The van der Waals surface area contributed by atoms with Gasteiger partial charge in [-0.1, -0.05) is 65.7 Å². The summed E-state index contributed by atoms with van der Waals surface area (Å²) in [6.45, 7) is 6.62. The molecule has 0 radical (unpaired) electrons. The van der Waals surface area contributed by atoms with Crippen molar-refractivity contribution in [2.24, 2.45) is 0 Å². The second-order valence-corrected chi connectivity index (χ2v) is 5.92. The molecule has 1 aromatic heterocycles. The van der Waals surface area contributed by atoms with Crippen molar-refractivity contribution in [1.29, 1.82) is 0 Å². The first-order valence-electron chi connectivity index (χ1n) is 7.83. The highest BCUT2D eigenvalue weighted by Gasteiger charge is 2.30. The summed E-state index contributed by atoms with van der Waals surface area (Å²) in [5.74, 6) is -0.311. The van der Waals surface area contributed by atoms with Crippen molar-refractivity contribution < 1.29 is 4.39 Å². The average Bonchev–Trinajstić information content (AvgIpc) is 2.82. The Bertz CT molecular complexity index is 348. The maximum atomic E-state index is 13.8. The minimum atomic E-state index is -0.311. The van der Waals surface area contributed by atoms with Gasteiger partial charge >= 0.3 is 0 Å². The standard InChI is InChI=1S/C16H29FN2/c1-4-6-8-10-12-16(3,11-9-7-5-2)14-13-18-19-15(14)17/h13H,4-12H2,1-3H3,(H,18,19). The largest absolute Gasteiger partial charge is 0.282 e. The number of rotatable bonds is 10. The van der Waals surface area contributed by atoms with E-state index in [0.29, 0.717) is 0 Å². The molecule has 110 valence electrons. The molecule has 1 N–H and O–H groups in total. The highest BCUT2D eigenvalue weighted by atomic mass is 19.1. The van der Waals surface area contributed by atoms with Crippen LogP contribution < -0.4 is 0 Å². The fraction of sp³-hybridized carbons (Fsp3) is 0.812. The molecule has 0 saturated carbocycles. The molecule has 19 heavy (non-hydrogen) atoms. The van der Waals surface area contributed by atoms with E-state index >= 15 is 0 Å². The molecule has 0 bridgehead atoms. The maximum Gasteiger partial charge on any atom is 0.236 e. The van der Waals surface area contributed by atoms with Crippen LogP contribution in [0.1, 0.15) is 84.1 Å². The molecule has 1 atom stereocenters. The highest BCUT2D eigenvalue weighted by Crippen LogP contribution is 2.36. The summed E-state index contributed by atoms with van der Waals surface area (Å²) in [6.07, 6.45) is 12.4. The molecule has 0 amide bonds. The Labute approximate surface area is 117 Å². The van der Waals surface area contributed by atoms with Crippen molar-refractivity contribution in [2.45, 2.75) is 84.0 Å². The molecule has 3 heteroatoms. The zero-order valence-corrected chi connectivity index (χ0v) is 12.8. The predicted octanol–water partition coefficient (Wildman–Crippen LogP) is 5.36. The van der Waals surface area contributed by atoms with E-state index < -0.39 is 0 Å². The smallest absolute Gasteiger partial charge is 0.236 e. The molecule has 0 aliphatic carbocycles. The first-order valence-corrected chi connectivity index (χ1v) is 7.83. The quantitative estimate of drug-likeness (QED) is 0.569.